The fourth-order valence-electron chi connectivity index (χ4n) is 1.60. The van der Waals surface area contributed by atoms with E-state index in [1.807, 2.05) is 11.8 Å². The van der Waals surface area contributed by atoms with Gasteiger partial charge in [-0.1, -0.05) is 33.6 Å². The summed E-state index contributed by atoms with van der Waals surface area (Å²) in [4.78, 5) is 13.8. The summed E-state index contributed by atoms with van der Waals surface area (Å²) >= 11 is 0. The average Bonchev–Trinajstić information content (AvgIpc) is 2.21. The molecule has 15 heavy (non-hydrogen) atoms. The molecule has 0 spiro atoms. The summed E-state index contributed by atoms with van der Waals surface area (Å²) in [7, 11) is 0. The number of hydrogen-bond acceptors (Lipinski definition) is 2. The monoisotopic (exact) mass is 214 g/mol. The maximum atomic E-state index is 11.9. The molecular formula is C12H26N2O. The van der Waals surface area contributed by atoms with E-state index < -0.39 is 0 Å². The van der Waals surface area contributed by atoms with Gasteiger partial charge in [-0.05, 0) is 19.3 Å². The molecule has 0 saturated carbocycles. The lowest BCUT2D eigenvalue weighted by Crippen LogP contribution is -2.45. The minimum atomic E-state index is -0.302. The van der Waals surface area contributed by atoms with Crippen molar-refractivity contribution in [2.75, 3.05) is 13.1 Å². The molecule has 3 nitrogen and oxygen atoms in total. The molecule has 1 amide bonds. The molecule has 90 valence electrons. The number of carbonyl (C=O) groups excluding carboxylic acids is 1. The van der Waals surface area contributed by atoms with Crippen LogP contribution in [0.4, 0.5) is 0 Å². The van der Waals surface area contributed by atoms with Gasteiger partial charge < -0.3 is 10.6 Å². The Morgan fingerprint density at radius 3 is 2.33 bits per heavy atom. The van der Waals surface area contributed by atoms with Crippen LogP contribution < -0.4 is 5.73 Å². The van der Waals surface area contributed by atoms with Gasteiger partial charge in [-0.15, -0.1) is 0 Å². The average molecular weight is 214 g/mol. The Bertz CT molecular complexity index is 180. The smallest absolute Gasteiger partial charge is 0.239 e. The number of likely N-dealkylation sites (N-methyl/N-ethyl adjacent to an activating group) is 1. The van der Waals surface area contributed by atoms with Crippen LogP contribution in [0.3, 0.4) is 0 Å². The second kappa shape index (κ2) is 7.69. The number of amides is 1. The van der Waals surface area contributed by atoms with E-state index in [-0.39, 0.29) is 11.9 Å². The molecule has 1 atom stereocenters. The standard InChI is InChI=1S/C12H26N2O/c1-5-7-8-11(13)12(15)14(6-2)9-10(3)4/h10-11H,5-9,13H2,1-4H3/t11-/m0/s1. The first-order valence-electron chi connectivity index (χ1n) is 6.07. The molecule has 0 aliphatic rings. The van der Waals surface area contributed by atoms with Crippen molar-refractivity contribution in [2.24, 2.45) is 11.7 Å². The van der Waals surface area contributed by atoms with Gasteiger partial charge in [-0.3, -0.25) is 4.79 Å². The molecule has 0 unspecified atom stereocenters. The van der Waals surface area contributed by atoms with Gasteiger partial charge >= 0.3 is 0 Å². The molecule has 0 aliphatic heterocycles. The normalized spacial score (nSPS) is 12.9. The predicted octanol–water partition coefficient (Wildman–Crippen LogP) is 2.01. The number of unbranched alkanes of at least 4 members (excludes halogenated alkanes) is 1. The van der Waals surface area contributed by atoms with Gasteiger partial charge in [-0.25, -0.2) is 0 Å². The first kappa shape index (κ1) is 14.4. The Kier molecular flexibility index (Phi) is 7.39. The number of rotatable bonds is 7. The molecule has 3 heteroatoms. The second-order valence-electron chi connectivity index (χ2n) is 4.52. The zero-order valence-electron chi connectivity index (χ0n) is 10.6. The summed E-state index contributed by atoms with van der Waals surface area (Å²) in [5.74, 6) is 0.618. The van der Waals surface area contributed by atoms with Crippen molar-refractivity contribution in [1.29, 1.82) is 0 Å². The van der Waals surface area contributed by atoms with Crippen LogP contribution in [0.5, 0.6) is 0 Å². The Labute approximate surface area is 94.0 Å². The van der Waals surface area contributed by atoms with Crippen molar-refractivity contribution in [3.8, 4) is 0 Å². The summed E-state index contributed by atoms with van der Waals surface area (Å²) in [5.41, 5.74) is 5.86. The SMILES string of the molecule is CCCC[C@H](N)C(=O)N(CC)CC(C)C. The molecule has 0 fully saturated rings. The van der Waals surface area contributed by atoms with Gasteiger partial charge in [0.05, 0.1) is 6.04 Å². The lowest BCUT2D eigenvalue weighted by atomic mass is 10.1. The van der Waals surface area contributed by atoms with Crippen LogP contribution in [0, 0.1) is 5.92 Å². The third-order valence-electron chi connectivity index (χ3n) is 2.46. The molecule has 2 N–H and O–H groups in total. The summed E-state index contributed by atoms with van der Waals surface area (Å²) in [6.45, 7) is 9.93. The van der Waals surface area contributed by atoms with Crippen molar-refractivity contribution >= 4 is 5.91 Å². The van der Waals surface area contributed by atoms with Gasteiger partial charge in [0.15, 0.2) is 0 Å². The van der Waals surface area contributed by atoms with E-state index in [1.165, 1.54) is 0 Å². The highest BCUT2D eigenvalue weighted by Crippen LogP contribution is 2.05. The maximum absolute atomic E-state index is 11.9. The van der Waals surface area contributed by atoms with Crippen LogP contribution in [0.25, 0.3) is 0 Å². The van der Waals surface area contributed by atoms with Gasteiger partial charge in [0.2, 0.25) is 5.91 Å². The van der Waals surface area contributed by atoms with Crippen molar-refractivity contribution in [3.63, 3.8) is 0 Å². The fourth-order valence-corrected chi connectivity index (χ4v) is 1.60. The van der Waals surface area contributed by atoms with Gasteiger partial charge in [0.1, 0.15) is 0 Å². The summed E-state index contributed by atoms with van der Waals surface area (Å²) in [6, 6.07) is -0.302. The fraction of sp³-hybridized carbons (Fsp3) is 0.917. The molecule has 0 aromatic heterocycles. The summed E-state index contributed by atoms with van der Waals surface area (Å²) in [5, 5.41) is 0. The molecule has 0 rings (SSSR count). The maximum Gasteiger partial charge on any atom is 0.239 e. The molecule has 0 aromatic rings. The van der Waals surface area contributed by atoms with E-state index in [4.69, 9.17) is 5.73 Å². The van der Waals surface area contributed by atoms with Gasteiger partial charge in [0, 0.05) is 13.1 Å². The van der Waals surface area contributed by atoms with Crippen molar-refractivity contribution in [2.45, 2.75) is 53.0 Å². The van der Waals surface area contributed by atoms with E-state index in [0.29, 0.717) is 5.92 Å². The van der Waals surface area contributed by atoms with E-state index in [0.717, 1.165) is 32.4 Å². The highest BCUT2D eigenvalue weighted by Gasteiger charge is 2.19. The predicted molar refractivity (Wildman–Crippen MR) is 64.6 cm³/mol. The lowest BCUT2D eigenvalue weighted by molar-refractivity contribution is -0.133. The van der Waals surface area contributed by atoms with Crippen LogP contribution in [-0.4, -0.2) is 29.9 Å². The molecule has 0 aliphatic carbocycles. The number of carbonyl (C=O) groups is 1. The molecule has 0 radical (unpaired) electrons. The molecule has 0 bridgehead atoms. The van der Waals surface area contributed by atoms with Crippen LogP contribution in [-0.2, 0) is 4.79 Å². The Morgan fingerprint density at radius 1 is 1.33 bits per heavy atom. The first-order valence-corrected chi connectivity index (χ1v) is 6.07. The second-order valence-corrected chi connectivity index (χ2v) is 4.52. The van der Waals surface area contributed by atoms with Crippen molar-refractivity contribution < 1.29 is 4.79 Å². The molecule has 0 heterocycles. The Balaban J connectivity index is 4.12. The first-order chi connectivity index (χ1) is 7.02. The molecular weight excluding hydrogens is 188 g/mol. The van der Waals surface area contributed by atoms with Crippen LogP contribution in [0.15, 0.2) is 0 Å². The highest BCUT2D eigenvalue weighted by atomic mass is 16.2. The number of nitrogens with two attached hydrogens (primary N) is 1. The van der Waals surface area contributed by atoms with Crippen molar-refractivity contribution in [3.05, 3.63) is 0 Å². The van der Waals surface area contributed by atoms with E-state index in [2.05, 4.69) is 20.8 Å². The highest BCUT2D eigenvalue weighted by molar-refractivity contribution is 5.81. The lowest BCUT2D eigenvalue weighted by Gasteiger charge is -2.26. The van der Waals surface area contributed by atoms with Crippen LogP contribution in [0.1, 0.15) is 47.0 Å². The minimum Gasteiger partial charge on any atom is -0.341 e. The third-order valence-corrected chi connectivity index (χ3v) is 2.46. The summed E-state index contributed by atoms with van der Waals surface area (Å²) in [6.07, 6.45) is 2.94. The summed E-state index contributed by atoms with van der Waals surface area (Å²) < 4.78 is 0. The Morgan fingerprint density at radius 2 is 1.93 bits per heavy atom. The zero-order valence-corrected chi connectivity index (χ0v) is 10.6. The van der Waals surface area contributed by atoms with Crippen LogP contribution in [0.2, 0.25) is 0 Å². The quantitative estimate of drug-likeness (QED) is 0.704. The molecule has 0 saturated heterocycles. The minimum absolute atomic E-state index is 0.111. The van der Waals surface area contributed by atoms with E-state index >= 15 is 0 Å². The Hall–Kier alpha value is -0.570. The van der Waals surface area contributed by atoms with Gasteiger partial charge in [0.25, 0.3) is 0 Å². The van der Waals surface area contributed by atoms with Crippen LogP contribution >= 0.6 is 0 Å². The zero-order chi connectivity index (χ0) is 11.8. The van der Waals surface area contributed by atoms with E-state index in [9.17, 15) is 4.79 Å². The van der Waals surface area contributed by atoms with Crippen molar-refractivity contribution in [1.82, 2.24) is 4.90 Å². The molecule has 0 aromatic carbocycles. The van der Waals surface area contributed by atoms with Gasteiger partial charge in [-0.2, -0.15) is 0 Å². The number of nitrogens with zero attached hydrogens (tertiary/aromatic N) is 1. The number of hydrogen-bond donors (Lipinski definition) is 1. The van der Waals surface area contributed by atoms with E-state index in [1.54, 1.807) is 0 Å². The third kappa shape index (κ3) is 5.78. The topological polar surface area (TPSA) is 46.3 Å². The largest absolute Gasteiger partial charge is 0.341 e.